The minimum Gasteiger partial charge on any atom is -0.407 e. The van der Waals surface area contributed by atoms with Crippen LogP contribution in [-0.4, -0.2) is 20.4 Å². The smallest absolute Gasteiger partial charge is 0.407 e. The molecule has 0 fully saturated rings. The molecule has 1 spiro atoms. The highest BCUT2D eigenvalue weighted by Gasteiger charge is 2.51. The Balaban J connectivity index is 1.28. The van der Waals surface area contributed by atoms with Gasteiger partial charge in [0.25, 0.3) is 0 Å². The summed E-state index contributed by atoms with van der Waals surface area (Å²) < 4.78 is 7.17. The third-order valence-electron chi connectivity index (χ3n) is 7.46. The Kier molecular flexibility index (Phi) is 3.96. The molecule has 0 saturated carbocycles. The van der Waals surface area contributed by atoms with E-state index in [0.29, 0.717) is 30.8 Å². The number of hydrogen-bond donors (Lipinski definition) is 1. The fourth-order valence-electron chi connectivity index (χ4n) is 5.84. The van der Waals surface area contributed by atoms with Gasteiger partial charge in [0.1, 0.15) is 5.82 Å². The molecule has 1 atom stereocenters. The molecule has 5 aromatic rings. The summed E-state index contributed by atoms with van der Waals surface area (Å²) in [6.45, 7) is 4.28. The molecule has 1 aliphatic carbocycles. The quantitative estimate of drug-likeness (QED) is 0.425. The van der Waals surface area contributed by atoms with Gasteiger partial charge in [-0.3, -0.25) is 14.3 Å². The van der Waals surface area contributed by atoms with E-state index in [9.17, 15) is 9.59 Å². The molecule has 172 valence electrons. The van der Waals surface area contributed by atoms with Crippen molar-refractivity contribution in [2.75, 3.05) is 5.32 Å². The number of amides is 1. The third-order valence-corrected chi connectivity index (χ3v) is 7.46. The number of carbonyl (C=O) groups excluding carboxylic acids is 1. The molecular weight excluding hydrogens is 440 g/mol. The van der Waals surface area contributed by atoms with Crippen LogP contribution < -0.4 is 11.1 Å². The van der Waals surface area contributed by atoms with Crippen LogP contribution in [0, 0.1) is 13.8 Å². The highest BCUT2D eigenvalue weighted by molar-refractivity contribution is 6.06. The Morgan fingerprint density at radius 3 is 2.74 bits per heavy atom. The fourth-order valence-corrected chi connectivity index (χ4v) is 5.84. The highest BCUT2D eigenvalue weighted by atomic mass is 16.4. The lowest BCUT2D eigenvalue weighted by Crippen LogP contribution is -2.35. The second-order valence-electron chi connectivity index (χ2n) is 9.79. The number of aromatic nitrogens is 3. The Bertz CT molecular complexity index is 1780. The summed E-state index contributed by atoms with van der Waals surface area (Å²) in [6.07, 6.45) is 2.98. The SMILES string of the molecule is Cc1cc(C)c2oc(=O)n(Cc3ccc4cc5c(cc4n3)CC3(C5)C(=O)Nc4ncccc43)c2c1. The van der Waals surface area contributed by atoms with Crippen molar-refractivity contribution in [2.24, 2.45) is 0 Å². The molecule has 35 heavy (non-hydrogen) atoms. The first-order valence-electron chi connectivity index (χ1n) is 11.7. The monoisotopic (exact) mass is 462 g/mol. The molecule has 0 radical (unpaired) electrons. The van der Waals surface area contributed by atoms with E-state index in [-0.39, 0.29) is 11.7 Å². The number of nitrogens with one attached hydrogen (secondary N) is 1. The number of nitrogens with zero attached hydrogens (tertiary/aromatic N) is 3. The van der Waals surface area contributed by atoms with Gasteiger partial charge in [-0.1, -0.05) is 18.2 Å². The molecule has 4 heterocycles. The van der Waals surface area contributed by atoms with Crippen LogP contribution in [0.1, 0.15) is 33.5 Å². The molecule has 7 heteroatoms. The topological polar surface area (TPSA) is 90.0 Å². The number of pyridine rings is 2. The first-order valence-corrected chi connectivity index (χ1v) is 11.7. The first-order chi connectivity index (χ1) is 16.9. The van der Waals surface area contributed by atoms with Crippen molar-refractivity contribution in [1.82, 2.24) is 14.5 Å². The number of hydrogen-bond acceptors (Lipinski definition) is 5. The van der Waals surface area contributed by atoms with Gasteiger partial charge in [-0.05, 0) is 79.3 Å². The van der Waals surface area contributed by atoms with Crippen LogP contribution in [0.25, 0.3) is 22.0 Å². The summed E-state index contributed by atoms with van der Waals surface area (Å²) in [4.78, 5) is 34.9. The third kappa shape index (κ3) is 2.84. The van der Waals surface area contributed by atoms with Gasteiger partial charge < -0.3 is 9.73 Å². The minimum absolute atomic E-state index is 0.0110. The van der Waals surface area contributed by atoms with Crippen LogP contribution in [0.4, 0.5) is 5.82 Å². The van der Waals surface area contributed by atoms with Gasteiger partial charge in [0.05, 0.1) is 28.7 Å². The van der Waals surface area contributed by atoms with Gasteiger partial charge >= 0.3 is 5.76 Å². The van der Waals surface area contributed by atoms with Gasteiger partial charge in [-0.2, -0.15) is 0 Å². The molecule has 1 aliphatic heterocycles. The predicted molar refractivity (Wildman–Crippen MR) is 133 cm³/mol. The van der Waals surface area contributed by atoms with E-state index in [1.54, 1.807) is 10.8 Å². The molecule has 7 rings (SSSR count). The molecule has 0 bridgehead atoms. The van der Waals surface area contributed by atoms with E-state index < -0.39 is 5.41 Å². The van der Waals surface area contributed by atoms with Crippen molar-refractivity contribution in [1.29, 1.82) is 0 Å². The van der Waals surface area contributed by atoms with Crippen LogP contribution in [0.5, 0.6) is 0 Å². The average Bonchev–Trinajstić information content (AvgIpc) is 3.45. The van der Waals surface area contributed by atoms with Crippen molar-refractivity contribution in [3.63, 3.8) is 0 Å². The molecule has 2 aromatic carbocycles. The highest BCUT2D eigenvalue weighted by Crippen LogP contribution is 2.47. The summed E-state index contributed by atoms with van der Waals surface area (Å²) in [6, 6.07) is 16.1. The van der Waals surface area contributed by atoms with E-state index in [1.165, 1.54) is 5.56 Å². The number of anilines is 1. The zero-order valence-corrected chi connectivity index (χ0v) is 19.4. The summed E-state index contributed by atoms with van der Waals surface area (Å²) in [5, 5.41) is 3.98. The second kappa shape index (κ2) is 6.88. The molecular formula is C28H22N4O3. The van der Waals surface area contributed by atoms with Crippen molar-refractivity contribution < 1.29 is 9.21 Å². The predicted octanol–water partition coefficient (Wildman–Crippen LogP) is 4.19. The first kappa shape index (κ1) is 20.1. The molecule has 7 nitrogen and oxygen atoms in total. The maximum Gasteiger partial charge on any atom is 0.420 e. The summed E-state index contributed by atoms with van der Waals surface area (Å²) >= 11 is 0. The lowest BCUT2D eigenvalue weighted by Gasteiger charge is -2.20. The van der Waals surface area contributed by atoms with Crippen LogP contribution in [-0.2, 0) is 29.6 Å². The number of oxazole rings is 1. The number of aryl methyl sites for hydroxylation is 2. The van der Waals surface area contributed by atoms with E-state index in [4.69, 9.17) is 9.40 Å². The number of fused-ring (bicyclic) bond motifs is 5. The zero-order chi connectivity index (χ0) is 23.9. The Hall–Kier alpha value is -4.26. The van der Waals surface area contributed by atoms with Crippen molar-refractivity contribution in [3.05, 3.63) is 98.8 Å². The van der Waals surface area contributed by atoms with Gasteiger partial charge in [0, 0.05) is 17.1 Å². The molecule has 1 N–H and O–H groups in total. The van der Waals surface area contributed by atoms with Crippen LogP contribution in [0.15, 0.2) is 63.9 Å². The van der Waals surface area contributed by atoms with E-state index in [2.05, 4.69) is 22.4 Å². The molecule has 1 unspecified atom stereocenters. The Morgan fingerprint density at radius 1 is 1.06 bits per heavy atom. The largest absolute Gasteiger partial charge is 0.420 e. The van der Waals surface area contributed by atoms with Gasteiger partial charge in [-0.25, -0.2) is 9.78 Å². The van der Waals surface area contributed by atoms with Gasteiger partial charge in [-0.15, -0.1) is 0 Å². The Labute approximate surface area is 200 Å². The summed E-state index contributed by atoms with van der Waals surface area (Å²) in [5.74, 6) is 0.293. The van der Waals surface area contributed by atoms with E-state index in [0.717, 1.165) is 44.4 Å². The maximum atomic E-state index is 13.0. The number of carbonyl (C=O) groups is 1. The van der Waals surface area contributed by atoms with Crippen molar-refractivity contribution in [2.45, 2.75) is 38.6 Å². The summed E-state index contributed by atoms with van der Waals surface area (Å²) in [5.41, 5.74) is 7.72. The minimum atomic E-state index is -0.606. The average molecular weight is 463 g/mol. The Morgan fingerprint density at radius 2 is 1.89 bits per heavy atom. The summed E-state index contributed by atoms with van der Waals surface area (Å²) in [7, 11) is 0. The standard InChI is InChI=1S/C28H22N4O3/c1-15-8-16(2)24-23(9-15)32(27(34)35-24)14-20-6-5-17-10-18-12-28(13-19(18)11-22(17)30-20)21-4-3-7-29-25(21)31-26(28)33/h3-11H,12-14H2,1-2H3,(H,29,31,33). The van der Waals surface area contributed by atoms with Crippen LogP contribution in [0.2, 0.25) is 0 Å². The molecule has 3 aromatic heterocycles. The van der Waals surface area contributed by atoms with Crippen molar-refractivity contribution >= 4 is 33.7 Å². The van der Waals surface area contributed by atoms with E-state index >= 15 is 0 Å². The van der Waals surface area contributed by atoms with E-state index in [1.807, 2.05) is 50.2 Å². The number of rotatable bonds is 2. The molecule has 0 saturated heterocycles. The number of benzene rings is 2. The van der Waals surface area contributed by atoms with Crippen LogP contribution >= 0.6 is 0 Å². The molecule has 2 aliphatic rings. The van der Waals surface area contributed by atoms with Crippen LogP contribution in [0.3, 0.4) is 0 Å². The lowest BCUT2D eigenvalue weighted by atomic mass is 9.79. The zero-order valence-electron chi connectivity index (χ0n) is 19.4. The lowest BCUT2D eigenvalue weighted by molar-refractivity contribution is -0.120. The van der Waals surface area contributed by atoms with Gasteiger partial charge in [0.2, 0.25) is 5.91 Å². The maximum absolute atomic E-state index is 13.0. The second-order valence-corrected chi connectivity index (χ2v) is 9.79. The van der Waals surface area contributed by atoms with Gasteiger partial charge in [0.15, 0.2) is 5.58 Å². The molecule has 1 amide bonds. The van der Waals surface area contributed by atoms with Crippen molar-refractivity contribution in [3.8, 4) is 0 Å². The fraction of sp³-hybridized carbons (Fsp3) is 0.214. The normalized spacial score (nSPS) is 18.4.